The Balaban J connectivity index is 2.96. The summed E-state index contributed by atoms with van der Waals surface area (Å²) >= 11 is 3.13. The maximum atomic E-state index is 11.7. The van der Waals surface area contributed by atoms with Gasteiger partial charge in [0.25, 0.3) is 5.56 Å². The first-order valence-corrected chi connectivity index (χ1v) is 5.59. The molecule has 0 aromatic carbocycles. The molecule has 7 heteroatoms. The van der Waals surface area contributed by atoms with Gasteiger partial charge in [0.05, 0.1) is 0 Å². The van der Waals surface area contributed by atoms with Crippen molar-refractivity contribution < 1.29 is 14.7 Å². The summed E-state index contributed by atoms with van der Waals surface area (Å²) in [5, 5.41) is 11.4. The van der Waals surface area contributed by atoms with Crippen LogP contribution in [0.4, 0.5) is 0 Å². The summed E-state index contributed by atoms with van der Waals surface area (Å²) in [6.07, 6.45) is 1.48. The molecular weight excluding hydrogens is 292 g/mol. The van der Waals surface area contributed by atoms with E-state index in [4.69, 9.17) is 5.11 Å². The Bertz CT molecular complexity index is 510. The number of carbonyl (C=O) groups is 2. The van der Waals surface area contributed by atoms with Crippen molar-refractivity contribution in [3.8, 4) is 0 Å². The SMILES string of the molecule is CC(=O)NCCn1cc(Br)cc(C(=O)O)c1=O. The first-order valence-electron chi connectivity index (χ1n) is 4.79. The van der Waals surface area contributed by atoms with Crippen molar-refractivity contribution in [2.24, 2.45) is 0 Å². The Kier molecular flexibility index (Phi) is 4.45. The average Bonchev–Trinajstić information content (AvgIpc) is 2.21. The van der Waals surface area contributed by atoms with Gasteiger partial charge in [0, 0.05) is 30.7 Å². The molecule has 0 aliphatic carbocycles. The molecule has 0 fully saturated rings. The highest BCUT2D eigenvalue weighted by atomic mass is 79.9. The summed E-state index contributed by atoms with van der Waals surface area (Å²) in [5.74, 6) is -1.48. The van der Waals surface area contributed by atoms with Crippen molar-refractivity contribution in [3.63, 3.8) is 0 Å². The Morgan fingerprint density at radius 1 is 1.53 bits per heavy atom. The molecule has 0 aliphatic rings. The number of amides is 1. The fourth-order valence-corrected chi connectivity index (χ4v) is 1.75. The van der Waals surface area contributed by atoms with Crippen LogP contribution in [-0.4, -0.2) is 28.1 Å². The van der Waals surface area contributed by atoms with Gasteiger partial charge >= 0.3 is 5.97 Å². The second kappa shape index (κ2) is 5.62. The number of carboxylic acids is 1. The van der Waals surface area contributed by atoms with Crippen molar-refractivity contribution in [2.45, 2.75) is 13.5 Å². The molecule has 2 N–H and O–H groups in total. The number of nitrogens with zero attached hydrogens (tertiary/aromatic N) is 1. The Morgan fingerprint density at radius 3 is 2.71 bits per heavy atom. The van der Waals surface area contributed by atoms with Gasteiger partial charge in [-0.3, -0.25) is 9.59 Å². The molecule has 0 radical (unpaired) electrons. The fourth-order valence-electron chi connectivity index (χ4n) is 1.27. The first kappa shape index (κ1) is 13.4. The zero-order chi connectivity index (χ0) is 13.0. The van der Waals surface area contributed by atoms with E-state index in [9.17, 15) is 14.4 Å². The molecule has 0 bridgehead atoms. The van der Waals surface area contributed by atoms with E-state index >= 15 is 0 Å². The van der Waals surface area contributed by atoms with Crippen LogP contribution in [0.15, 0.2) is 21.5 Å². The average molecular weight is 303 g/mol. The van der Waals surface area contributed by atoms with Crippen molar-refractivity contribution >= 4 is 27.8 Å². The lowest BCUT2D eigenvalue weighted by atomic mass is 10.3. The minimum atomic E-state index is -1.27. The van der Waals surface area contributed by atoms with Gasteiger partial charge in [-0.2, -0.15) is 0 Å². The molecule has 1 rings (SSSR count). The van der Waals surface area contributed by atoms with Crippen LogP contribution in [0.2, 0.25) is 0 Å². The van der Waals surface area contributed by atoms with Crippen LogP contribution in [0.25, 0.3) is 0 Å². The number of hydrogen-bond donors (Lipinski definition) is 2. The monoisotopic (exact) mass is 302 g/mol. The van der Waals surface area contributed by atoms with Gasteiger partial charge in [-0.05, 0) is 22.0 Å². The molecule has 0 saturated heterocycles. The number of carboxylic acid groups (broad SMARTS) is 1. The van der Waals surface area contributed by atoms with Crippen molar-refractivity contribution in [1.82, 2.24) is 9.88 Å². The van der Waals surface area contributed by atoms with Gasteiger partial charge in [-0.25, -0.2) is 4.79 Å². The van der Waals surface area contributed by atoms with E-state index in [0.717, 1.165) is 0 Å². The van der Waals surface area contributed by atoms with E-state index in [-0.39, 0.29) is 24.6 Å². The molecule has 1 heterocycles. The summed E-state index contributed by atoms with van der Waals surface area (Å²) in [5.41, 5.74) is -0.895. The van der Waals surface area contributed by atoms with Gasteiger partial charge < -0.3 is 15.0 Å². The summed E-state index contributed by atoms with van der Waals surface area (Å²) in [4.78, 5) is 33.2. The highest BCUT2D eigenvalue weighted by molar-refractivity contribution is 9.10. The van der Waals surface area contributed by atoms with E-state index in [1.54, 1.807) is 0 Å². The summed E-state index contributed by atoms with van der Waals surface area (Å²) in [6, 6.07) is 1.25. The van der Waals surface area contributed by atoms with Crippen LogP contribution in [0.3, 0.4) is 0 Å². The van der Waals surface area contributed by atoms with E-state index in [1.165, 1.54) is 23.8 Å². The summed E-state index contributed by atoms with van der Waals surface area (Å²) < 4.78 is 1.74. The number of carbonyl (C=O) groups excluding carboxylic acids is 1. The topological polar surface area (TPSA) is 88.4 Å². The molecule has 1 amide bonds. The van der Waals surface area contributed by atoms with Crippen LogP contribution < -0.4 is 10.9 Å². The second-order valence-corrected chi connectivity index (χ2v) is 4.27. The lowest BCUT2D eigenvalue weighted by molar-refractivity contribution is -0.118. The molecule has 0 aliphatic heterocycles. The number of nitrogens with one attached hydrogen (secondary N) is 1. The predicted molar refractivity (Wildman–Crippen MR) is 64.0 cm³/mol. The maximum Gasteiger partial charge on any atom is 0.341 e. The standard InChI is InChI=1S/C10H11BrN2O4/c1-6(14)12-2-3-13-5-7(11)4-8(9(13)15)10(16)17/h4-5H,2-3H2,1H3,(H,12,14)(H,16,17). The molecule has 0 spiro atoms. The lowest BCUT2D eigenvalue weighted by Crippen LogP contribution is -2.31. The number of halogens is 1. The minimum absolute atomic E-state index is 0.202. The highest BCUT2D eigenvalue weighted by Gasteiger charge is 2.12. The third-order valence-electron chi connectivity index (χ3n) is 2.01. The van der Waals surface area contributed by atoms with E-state index in [0.29, 0.717) is 4.47 Å². The van der Waals surface area contributed by atoms with Gasteiger partial charge in [0.15, 0.2) is 0 Å². The smallest absolute Gasteiger partial charge is 0.341 e. The number of aromatic nitrogens is 1. The quantitative estimate of drug-likeness (QED) is 0.845. The Labute approximate surface area is 105 Å². The number of hydrogen-bond acceptors (Lipinski definition) is 3. The fraction of sp³-hybridized carbons (Fsp3) is 0.300. The molecule has 0 saturated carbocycles. The Morgan fingerprint density at radius 2 is 2.18 bits per heavy atom. The largest absolute Gasteiger partial charge is 0.477 e. The second-order valence-electron chi connectivity index (χ2n) is 3.36. The van der Waals surface area contributed by atoms with Gasteiger partial charge in [-0.15, -0.1) is 0 Å². The highest BCUT2D eigenvalue weighted by Crippen LogP contribution is 2.08. The van der Waals surface area contributed by atoms with Crippen molar-refractivity contribution in [2.75, 3.05) is 6.54 Å². The van der Waals surface area contributed by atoms with Crippen LogP contribution >= 0.6 is 15.9 Å². The third kappa shape index (κ3) is 3.70. The van der Waals surface area contributed by atoms with Crippen LogP contribution in [-0.2, 0) is 11.3 Å². The summed E-state index contributed by atoms with van der Waals surface area (Å²) in [7, 11) is 0. The molecular formula is C10H11BrN2O4. The molecule has 1 aromatic rings. The van der Waals surface area contributed by atoms with E-state index < -0.39 is 11.5 Å². The van der Waals surface area contributed by atoms with Gasteiger partial charge in [-0.1, -0.05) is 0 Å². The molecule has 92 valence electrons. The van der Waals surface area contributed by atoms with Crippen LogP contribution in [0.1, 0.15) is 17.3 Å². The zero-order valence-corrected chi connectivity index (χ0v) is 10.7. The van der Waals surface area contributed by atoms with E-state index in [2.05, 4.69) is 21.2 Å². The van der Waals surface area contributed by atoms with E-state index in [1.807, 2.05) is 0 Å². The third-order valence-corrected chi connectivity index (χ3v) is 2.44. The first-order chi connectivity index (χ1) is 7.91. The number of pyridine rings is 1. The van der Waals surface area contributed by atoms with Crippen molar-refractivity contribution in [1.29, 1.82) is 0 Å². The molecule has 6 nitrogen and oxygen atoms in total. The zero-order valence-electron chi connectivity index (χ0n) is 9.07. The molecule has 17 heavy (non-hydrogen) atoms. The Hall–Kier alpha value is -1.63. The normalized spacial score (nSPS) is 10.0. The summed E-state index contributed by atoms with van der Waals surface area (Å²) in [6.45, 7) is 1.86. The number of rotatable bonds is 4. The number of aromatic carboxylic acids is 1. The minimum Gasteiger partial charge on any atom is -0.477 e. The van der Waals surface area contributed by atoms with Gasteiger partial charge in [0.1, 0.15) is 5.56 Å². The van der Waals surface area contributed by atoms with Crippen LogP contribution in [0, 0.1) is 0 Å². The predicted octanol–water partition coefficient (Wildman–Crippen LogP) is 0.445. The molecule has 0 atom stereocenters. The van der Waals surface area contributed by atoms with Gasteiger partial charge in [0.2, 0.25) is 5.91 Å². The molecule has 0 unspecified atom stereocenters. The lowest BCUT2D eigenvalue weighted by Gasteiger charge is -2.08. The van der Waals surface area contributed by atoms with Crippen LogP contribution in [0.5, 0.6) is 0 Å². The molecule has 1 aromatic heterocycles. The van der Waals surface area contributed by atoms with Crippen molar-refractivity contribution in [3.05, 3.63) is 32.7 Å². The maximum absolute atomic E-state index is 11.7.